The quantitative estimate of drug-likeness (QED) is 0.723. The largest absolute Gasteiger partial charge is 0.493 e. The lowest BCUT2D eigenvalue weighted by Gasteiger charge is -2.13. The smallest absolute Gasteiger partial charge is 0.137 e. The maximum atomic E-state index is 12.9. The Morgan fingerprint density at radius 3 is 2.73 bits per heavy atom. The van der Waals surface area contributed by atoms with Crippen LogP contribution in [0.3, 0.4) is 0 Å². The van der Waals surface area contributed by atoms with Crippen LogP contribution < -0.4 is 4.74 Å². The third-order valence-electron chi connectivity index (χ3n) is 2.17. The molecule has 15 heavy (non-hydrogen) atoms. The average molecular weight is 340 g/mol. The van der Waals surface area contributed by atoms with Crippen LogP contribution in [0.15, 0.2) is 22.7 Å². The zero-order valence-electron chi connectivity index (χ0n) is 8.47. The van der Waals surface area contributed by atoms with E-state index in [9.17, 15) is 4.39 Å². The third kappa shape index (κ3) is 4.11. The normalized spacial score (nSPS) is 12.5. The van der Waals surface area contributed by atoms with Gasteiger partial charge in [-0.25, -0.2) is 4.39 Å². The number of ether oxygens (including phenoxy) is 1. The van der Waals surface area contributed by atoms with E-state index in [1.54, 1.807) is 12.1 Å². The van der Waals surface area contributed by atoms with E-state index >= 15 is 0 Å². The van der Waals surface area contributed by atoms with Crippen molar-refractivity contribution < 1.29 is 9.13 Å². The van der Waals surface area contributed by atoms with Gasteiger partial charge in [0.2, 0.25) is 0 Å². The van der Waals surface area contributed by atoms with Gasteiger partial charge in [0, 0.05) is 11.2 Å². The summed E-state index contributed by atoms with van der Waals surface area (Å²) < 4.78 is 18.9. The standard InChI is InChI=1S/C11H13Br2FO/c1-2-8(6-12)7-15-9-3-4-11(14)10(13)5-9/h3-5,8H,2,6-7H2,1H3. The molecule has 1 atom stereocenters. The minimum Gasteiger partial charge on any atom is -0.493 e. The fourth-order valence-corrected chi connectivity index (χ4v) is 2.05. The molecule has 0 radical (unpaired) electrons. The molecule has 0 aliphatic carbocycles. The molecule has 1 rings (SSSR count). The number of halogens is 3. The molecular formula is C11H13Br2FO. The summed E-state index contributed by atoms with van der Waals surface area (Å²) in [7, 11) is 0. The molecule has 0 saturated carbocycles. The van der Waals surface area contributed by atoms with Gasteiger partial charge in [0.15, 0.2) is 0 Å². The minimum atomic E-state index is -0.269. The second kappa shape index (κ2) is 6.48. The lowest BCUT2D eigenvalue weighted by Crippen LogP contribution is -2.12. The monoisotopic (exact) mass is 338 g/mol. The van der Waals surface area contributed by atoms with Gasteiger partial charge in [-0.05, 0) is 40.5 Å². The van der Waals surface area contributed by atoms with Gasteiger partial charge in [-0.3, -0.25) is 0 Å². The van der Waals surface area contributed by atoms with Crippen molar-refractivity contribution in [1.29, 1.82) is 0 Å². The molecule has 0 fully saturated rings. The Bertz CT molecular complexity index is 313. The van der Waals surface area contributed by atoms with E-state index in [0.717, 1.165) is 11.8 Å². The average Bonchev–Trinajstić information content (AvgIpc) is 2.24. The fourth-order valence-electron chi connectivity index (χ4n) is 1.05. The lowest BCUT2D eigenvalue weighted by molar-refractivity contribution is 0.259. The lowest BCUT2D eigenvalue weighted by atomic mass is 10.1. The SMILES string of the molecule is CCC(CBr)COc1ccc(F)c(Br)c1. The highest BCUT2D eigenvalue weighted by Gasteiger charge is 2.06. The second-order valence-electron chi connectivity index (χ2n) is 3.32. The minimum absolute atomic E-state index is 0.269. The van der Waals surface area contributed by atoms with Crippen LogP contribution in [0.2, 0.25) is 0 Å². The van der Waals surface area contributed by atoms with Crippen LogP contribution in [0.4, 0.5) is 4.39 Å². The third-order valence-corrected chi connectivity index (χ3v) is 3.70. The Balaban J connectivity index is 2.54. The molecule has 0 spiro atoms. The van der Waals surface area contributed by atoms with Crippen LogP contribution in [-0.2, 0) is 0 Å². The molecule has 0 aliphatic rings. The van der Waals surface area contributed by atoms with Gasteiger partial charge >= 0.3 is 0 Å². The Kier molecular flexibility index (Phi) is 5.61. The van der Waals surface area contributed by atoms with Crippen molar-refractivity contribution >= 4 is 31.9 Å². The molecule has 0 amide bonds. The van der Waals surface area contributed by atoms with Crippen molar-refractivity contribution in [1.82, 2.24) is 0 Å². The number of benzene rings is 1. The molecule has 0 N–H and O–H groups in total. The van der Waals surface area contributed by atoms with E-state index in [0.29, 0.717) is 22.7 Å². The fraction of sp³-hybridized carbons (Fsp3) is 0.455. The summed E-state index contributed by atoms with van der Waals surface area (Å²) in [6, 6.07) is 4.69. The molecule has 1 unspecified atom stereocenters. The Labute approximate surface area is 106 Å². The molecule has 0 heterocycles. The first-order chi connectivity index (χ1) is 7.17. The van der Waals surface area contributed by atoms with Crippen molar-refractivity contribution in [2.45, 2.75) is 13.3 Å². The molecule has 1 aromatic rings. The maximum absolute atomic E-state index is 12.9. The highest BCUT2D eigenvalue weighted by atomic mass is 79.9. The zero-order valence-corrected chi connectivity index (χ0v) is 11.6. The molecule has 1 nitrogen and oxygen atoms in total. The van der Waals surface area contributed by atoms with E-state index in [-0.39, 0.29) is 5.82 Å². The van der Waals surface area contributed by atoms with Crippen molar-refractivity contribution in [2.24, 2.45) is 5.92 Å². The Morgan fingerprint density at radius 2 is 2.20 bits per heavy atom. The topological polar surface area (TPSA) is 9.23 Å². The predicted molar refractivity (Wildman–Crippen MR) is 67.2 cm³/mol. The first kappa shape index (κ1) is 13.0. The highest BCUT2D eigenvalue weighted by Crippen LogP contribution is 2.22. The maximum Gasteiger partial charge on any atom is 0.137 e. The number of hydrogen-bond acceptors (Lipinski definition) is 1. The summed E-state index contributed by atoms with van der Waals surface area (Å²) in [5.41, 5.74) is 0. The van der Waals surface area contributed by atoms with Gasteiger partial charge < -0.3 is 4.74 Å². The second-order valence-corrected chi connectivity index (χ2v) is 4.82. The van der Waals surface area contributed by atoms with Crippen molar-refractivity contribution in [2.75, 3.05) is 11.9 Å². The van der Waals surface area contributed by atoms with Crippen molar-refractivity contribution in [3.8, 4) is 5.75 Å². The van der Waals surface area contributed by atoms with E-state index in [4.69, 9.17) is 4.74 Å². The summed E-state index contributed by atoms with van der Waals surface area (Å²) in [5, 5.41) is 0.922. The number of rotatable bonds is 5. The summed E-state index contributed by atoms with van der Waals surface area (Å²) in [5.74, 6) is 0.923. The first-order valence-electron chi connectivity index (χ1n) is 4.81. The van der Waals surface area contributed by atoms with Crippen LogP contribution in [-0.4, -0.2) is 11.9 Å². The van der Waals surface area contributed by atoms with Crippen LogP contribution >= 0.6 is 31.9 Å². The Hall–Kier alpha value is -0.0900. The summed E-state index contributed by atoms with van der Waals surface area (Å²) in [6.45, 7) is 2.77. The highest BCUT2D eigenvalue weighted by molar-refractivity contribution is 9.10. The summed E-state index contributed by atoms with van der Waals surface area (Å²) in [4.78, 5) is 0. The van der Waals surface area contributed by atoms with Gasteiger partial charge in [-0.2, -0.15) is 0 Å². The first-order valence-corrected chi connectivity index (χ1v) is 6.72. The van der Waals surface area contributed by atoms with Crippen molar-refractivity contribution in [3.05, 3.63) is 28.5 Å². The molecule has 4 heteroatoms. The zero-order chi connectivity index (χ0) is 11.3. The van der Waals surface area contributed by atoms with Crippen molar-refractivity contribution in [3.63, 3.8) is 0 Å². The van der Waals surface area contributed by atoms with Crippen LogP contribution in [0.25, 0.3) is 0 Å². The van der Waals surface area contributed by atoms with Gasteiger partial charge in [0.25, 0.3) is 0 Å². The predicted octanol–water partition coefficient (Wildman–Crippen LogP) is 4.39. The van der Waals surface area contributed by atoms with E-state index in [1.807, 2.05) is 0 Å². The van der Waals surface area contributed by atoms with Gasteiger partial charge in [0.1, 0.15) is 11.6 Å². The van der Waals surface area contributed by atoms with Gasteiger partial charge in [-0.1, -0.05) is 22.9 Å². The van der Waals surface area contributed by atoms with Crippen LogP contribution in [0.1, 0.15) is 13.3 Å². The number of hydrogen-bond donors (Lipinski definition) is 0. The number of alkyl halides is 1. The van der Waals surface area contributed by atoms with Gasteiger partial charge in [0.05, 0.1) is 11.1 Å². The Morgan fingerprint density at radius 1 is 1.47 bits per heavy atom. The molecule has 0 bridgehead atoms. The van der Waals surface area contributed by atoms with E-state index < -0.39 is 0 Å². The van der Waals surface area contributed by atoms with E-state index in [2.05, 4.69) is 38.8 Å². The molecule has 1 aromatic carbocycles. The molecule has 0 aromatic heterocycles. The summed E-state index contributed by atoms with van der Waals surface area (Å²) >= 11 is 6.55. The van der Waals surface area contributed by atoms with Crippen LogP contribution in [0, 0.1) is 11.7 Å². The molecule has 0 saturated heterocycles. The van der Waals surface area contributed by atoms with Crippen LogP contribution in [0.5, 0.6) is 5.75 Å². The summed E-state index contributed by atoms with van der Waals surface area (Å²) in [6.07, 6.45) is 1.06. The van der Waals surface area contributed by atoms with Gasteiger partial charge in [-0.15, -0.1) is 0 Å². The molecule has 84 valence electrons. The molecular weight excluding hydrogens is 327 g/mol. The molecule has 0 aliphatic heterocycles. The van der Waals surface area contributed by atoms with E-state index in [1.165, 1.54) is 6.07 Å².